The standard InChI is InChI=1S/C19H16N2O3S/c1-12-17(13-7-3-2-4-8-13)20-19(25-12)21-18(22)16-11-23-14-9-5-6-10-15(14)24-16/h2-10,16H,11H2,1H3,(H,20,21,22). The van der Waals surface area contributed by atoms with Gasteiger partial charge in [0.2, 0.25) is 6.10 Å². The van der Waals surface area contributed by atoms with Gasteiger partial charge in [-0.05, 0) is 19.1 Å². The molecule has 0 spiro atoms. The molecule has 1 aliphatic heterocycles. The molecule has 1 N–H and O–H groups in total. The predicted octanol–water partition coefficient (Wildman–Crippen LogP) is 3.90. The first kappa shape index (κ1) is 15.7. The largest absolute Gasteiger partial charge is 0.485 e. The number of ether oxygens (including phenoxy) is 2. The lowest BCUT2D eigenvalue weighted by molar-refractivity contribution is -0.125. The quantitative estimate of drug-likeness (QED) is 0.777. The Morgan fingerprint density at radius 1 is 1.12 bits per heavy atom. The van der Waals surface area contributed by atoms with E-state index in [4.69, 9.17) is 9.47 Å². The number of nitrogens with zero attached hydrogens (tertiary/aromatic N) is 1. The van der Waals surface area contributed by atoms with Crippen LogP contribution >= 0.6 is 11.3 Å². The first-order valence-electron chi connectivity index (χ1n) is 7.93. The van der Waals surface area contributed by atoms with E-state index in [2.05, 4.69) is 10.3 Å². The van der Waals surface area contributed by atoms with Crippen LogP contribution in [0.4, 0.5) is 5.13 Å². The summed E-state index contributed by atoms with van der Waals surface area (Å²) in [5, 5.41) is 3.40. The van der Waals surface area contributed by atoms with Crippen molar-refractivity contribution in [3.63, 3.8) is 0 Å². The molecule has 6 heteroatoms. The molecule has 1 amide bonds. The zero-order chi connectivity index (χ0) is 17.2. The summed E-state index contributed by atoms with van der Waals surface area (Å²) >= 11 is 1.45. The second-order valence-corrected chi connectivity index (χ2v) is 6.85. The lowest BCUT2D eigenvalue weighted by Crippen LogP contribution is -2.40. The van der Waals surface area contributed by atoms with Gasteiger partial charge in [0.15, 0.2) is 16.6 Å². The van der Waals surface area contributed by atoms with Crippen molar-refractivity contribution in [2.45, 2.75) is 13.0 Å². The molecule has 0 saturated carbocycles. The third kappa shape index (κ3) is 3.21. The van der Waals surface area contributed by atoms with E-state index in [9.17, 15) is 4.79 Å². The fourth-order valence-corrected chi connectivity index (χ4v) is 3.49. The highest BCUT2D eigenvalue weighted by atomic mass is 32.1. The number of para-hydroxylation sites is 2. The number of nitrogens with one attached hydrogen (secondary N) is 1. The van der Waals surface area contributed by atoms with Crippen molar-refractivity contribution in [1.29, 1.82) is 0 Å². The van der Waals surface area contributed by atoms with Crippen molar-refractivity contribution >= 4 is 22.4 Å². The Labute approximate surface area is 149 Å². The highest BCUT2D eigenvalue weighted by Crippen LogP contribution is 2.32. The molecule has 25 heavy (non-hydrogen) atoms. The van der Waals surface area contributed by atoms with Gasteiger partial charge < -0.3 is 9.47 Å². The minimum Gasteiger partial charge on any atom is -0.485 e. The third-order valence-electron chi connectivity index (χ3n) is 3.87. The number of hydrogen-bond acceptors (Lipinski definition) is 5. The average Bonchev–Trinajstić information content (AvgIpc) is 3.02. The van der Waals surface area contributed by atoms with Crippen LogP contribution in [0.5, 0.6) is 11.5 Å². The van der Waals surface area contributed by atoms with Crippen molar-refractivity contribution in [2.24, 2.45) is 0 Å². The SMILES string of the molecule is Cc1sc(NC(=O)C2COc3ccccc3O2)nc1-c1ccccc1. The molecular formula is C19H16N2O3S. The number of aromatic nitrogens is 1. The maximum Gasteiger partial charge on any atom is 0.270 e. The maximum atomic E-state index is 12.5. The summed E-state index contributed by atoms with van der Waals surface area (Å²) in [4.78, 5) is 18.1. The van der Waals surface area contributed by atoms with Gasteiger partial charge in [-0.2, -0.15) is 0 Å². The Morgan fingerprint density at radius 3 is 2.64 bits per heavy atom. The summed E-state index contributed by atoms with van der Waals surface area (Å²) < 4.78 is 11.3. The first-order valence-corrected chi connectivity index (χ1v) is 8.74. The van der Waals surface area contributed by atoms with E-state index in [1.54, 1.807) is 6.07 Å². The van der Waals surface area contributed by atoms with Gasteiger partial charge in [-0.3, -0.25) is 10.1 Å². The van der Waals surface area contributed by atoms with Gasteiger partial charge in [0.05, 0.1) is 5.69 Å². The number of benzene rings is 2. The number of carbonyl (C=O) groups excluding carboxylic acids is 1. The highest BCUT2D eigenvalue weighted by molar-refractivity contribution is 7.16. The smallest absolute Gasteiger partial charge is 0.270 e. The van der Waals surface area contributed by atoms with E-state index in [0.717, 1.165) is 16.1 Å². The zero-order valence-corrected chi connectivity index (χ0v) is 14.4. The molecule has 1 aromatic heterocycles. The first-order chi connectivity index (χ1) is 12.2. The van der Waals surface area contributed by atoms with Gasteiger partial charge in [0.25, 0.3) is 5.91 Å². The number of anilines is 1. The van der Waals surface area contributed by atoms with Crippen LogP contribution in [0.2, 0.25) is 0 Å². The molecule has 0 aliphatic carbocycles. The number of carbonyl (C=O) groups is 1. The maximum absolute atomic E-state index is 12.5. The molecule has 5 nitrogen and oxygen atoms in total. The van der Waals surface area contributed by atoms with Crippen molar-refractivity contribution in [1.82, 2.24) is 4.98 Å². The average molecular weight is 352 g/mol. The minimum absolute atomic E-state index is 0.179. The molecule has 0 bridgehead atoms. The van der Waals surface area contributed by atoms with Crippen LogP contribution in [0.25, 0.3) is 11.3 Å². The van der Waals surface area contributed by atoms with Gasteiger partial charge in [0, 0.05) is 10.4 Å². The Morgan fingerprint density at radius 2 is 1.84 bits per heavy atom. The molecule has 4 rings (SSSR count). The number of aryl methyl sites for hydroxylation is 1. The van der Waals surface area contributed by atoms with E-state index in [1.807, 2.05) is 55.5 Å². The summed E-state index contributed by atoms with van der Waals surface area (Å²) in [7, 11) is 0. The zero-order valence-electron chi connectivity index (χ0n) is 13.6. The minimum atomic E-state index is -0.695. The number of hydrogen-bond donors (Lipinski definition) is 1. The molecule has 1 atom stereocenters. The number of fused-ring (bicyclic) bond motifs is 1. The van der Waals surface area contributed by atoms with Crippen LogP contribution in [-0.4, -0.2) is 23.6 Å². The molecule has 126 valence electrons. The topological polar surface area (TPSA) is 60.5 Å². The Bertz CT molecular complexity index is 908. The van der Waals surface area contributed by atoms with Crippen molar-refractivity contribution in [3.05, 3.63) is 59.5 Å². The molecule has 1 aliphatic rings. The van der Waals surface area contributed by atoms with Crippen molar-refractivity contribution < 1.29 is 14.3 Å². The van der Waals surface area contributed by atoms with Gasteiger partial charge in [-0.25, -0.2) is 4.98 Å². The van der Waals surface area contributed by atoms with Crippen molar-refractivity contribution in [3.8, 4) is 22.8 Å². The van der Waals surface area contributed by atoms with E-state index in [1.165, 1.54) is 11.3 Å². The van der Waals surface area contributed by atoms with Crippen LogP contribution in [0, 0.1) is 6.92 Å². The van der Waals surface area contributed by atoms with E-state index in [0.29, 0.717) is 16.6 Å². The predicted molar refractivity (Wildman–Crippen MR) is 97.3 cm³/mol. The van der Waals surface area contributed by atoms with E-state index < -0.39 is 6.10 Å². The fourth-order valence-electron chi connectivity index (χ4n) is 2.65. The lowest BCUT2D eigenvalue weighted by atomic mass is 10.1. The molecular weight excluding hydrogens is 336 g/mol. The van der Waals surface area contributed by atoms with Crippen LogP contribution < -0.4 is 14.8 Å². The lowest BCUT2D eigenvalue weighted by Gasteiger charge is -2.25. The second kappa shape index (κ2) is 6.57. The van der Waals surface area contributed by atoms with Gasteiger partial charge in [-0.1, -0.05) is 42.5 Å². The van der Waals surface area contributed by atoms with Crippen LogP contribution in [0.15, 0.2) is 54.6 Å². The van der Waals surface area contributed by atoms with E-state index >= 15 is 0 Å². The van der Waals surface area contributed by atoms with Crippen molar-refractivity contribution in [2.75, 3.05) is 11.9 Å². The summed E-state index contributed by atoms with van der Waals surface area (Å²) in [6, 6.07) is 17.2. The van der Waals surface area contributed by atoms with Gasteiger partial charge in [0.1, 0.15) is 6.61 Å². The summed E-state index contributed by atoms with van der Waals surface area (Å²) in [6.45, 7) is 2.17. The normalized spacial score (nSPS) is 15.6. The Balaban J connectivity index is 1.49. The van der Waals surface area contributed by atoms with Gasteiger partial charge >= 0.3 is 0 Å². The number of amides is 1. The Kier molecular flexibility index (Phi) is 4.11. The van der Waals surface area contributed by atoms with Crippen LogP contribution in [-0.2, 0) is 4.79 Å². The Hall–Kier alpha value is -2.86. The highest BCUT2D eigenvalue weighted by Gasteiger charge is 2.28. The summed E-state index contributed by atoms with van der Waals surface area (Å²) in [5.74, 6) is 0.972. The molecule has 1 unspecified atom stereocenters. The summed E-state index contributed by atoms with van der Waals surface area (Å²) in [6.07, 6.45) is -0.695. The molecule has 2 heterocycles. The van der Waals surface area contributed by atoms with Crippen LogP contribution in [0.3, 0.4) is 0 Å². The van der Waals surface area contributed by atoms with Gasteiger partial charge in [-0.15, -0.1) is 11.3 Å². The van der Waals surface area contributed by atoms with E-state index in [-0.39, 0.29) is 12.5 Å². The molecule has 0 saturated heterocycles. The monoisotopic (exact) mass is 352 g/mol. The number of thiazole rings is 1. The summed E-state index contributed by atoms with van der Waals surface area (Å²) in [5.41, 5.74) is 1.91. The van der Waals surface area contributed by atoms with Crippen LogP contribution in [0.1, 0.15) is 4.88 Å². The molecule has 2 aromatic carbocycles. The molecule has 0 fully saturated rings. The molecule has 3 aromatic rings. The molecule has 0 radical (unpaired) electrons. The number of rotatable bonds is 3. The third-order valence-corrected chi connectivity index (χ3v) is 4.76. The second-order valence-electron chi connectivity index (χ2n) is 5.64. The fraction of sp³-hybridized carbons (Fsp3) is 0.158.